The maximum atomic E-state index is 5.33. The molecule has 0 fully saturated rings. The lowest BCUT2D eigenvalue weighted by Gasteiger charge is -2.14. The highest BCUT2D eigenvalue weighted by atomic mass is 79.9. The summed E-state index contributed by atoms with van der Waals surface area (Å²) >= 11 is 3.09. The summed E-state index contributed by atoms with van der Waals surface area (Å²) in [7, 11) is 0. The largest absolute Gasteiger partial charge is 0.295 e. The molecule has 0 unspecified atom stereocenters. The first kappa shape index (κ1) is 10.4. The van der Waals surface area contributed by atoms with Gasteiger partial charge in [-0.05, 0) is 11.1 Å². The zero-order valence-electron chi connectivity index (χ0n) is 8.14. The van der Waals surface area contributed by atoms with E-state index in [1.54, 1.807) is 0 Å². The van der Waals surface area contributed by atoms with Crippen LogP contribution in [0, 0.1) is 0 Å². The van der Waals surface area contributed by atoms with Gasteiger partial charge in [-0.1, -0.05) is 60.7 Å². The molecule has 0 amide bonds. The van der Waals surface area contributed by atoms with Crippen molar-refractivity contribution in [1.29, 1.82) is 0 Å². The van der Waals surface area contributed by atoms with E-state index >= 15 is 0 Å². The van der Waals surface area contributed by atoms with Gasteiger partial charge < -0.3 is 0 Å². The molecule has 2 aromatic rings. The van der Waals surface area contributed by atoms with Crippen LogP contribution in [0.2, 0.25) is 0 Å². The van der Waals surface area contributed by atoms with Crippen LogP contribution in [0.3, 0.4) is 0 Å². The normalized spacial score (nSPS) is 10.5. The molecule has 1 nitrogen and oxygen atoms in total. The van der Waals surface area contributed by atoms with E-state index in [2.05, 4.69) is 40.5 Å². The Bertz CT molecular complexity index is 360. The summed E-state index contributed by atoms with van der Waals surface area (Å²) in [5, 5.41) is 0. The molecule has 0 saturated carbocycles. The predicted octanol–water partition coefficient (Wildman–Crippen LogP) is 4.10. The van der Waals surface area contributed by atoms with Crippen molar-refractivity contribution in [2.24, 2.45) is 0 Å². The number of benzene rings is 2. The summed E-state index contributed by atoms with van der Waals surface area (Å²) < 4.78 is 5.33. The van der Waals surface area contributed by atoms with E-state index in [1.807, 2.05) is 36.4 Å². The van der Waals surface area contributed by atoms with Crippen LogP contribution in [0.15, 0.2) is 60.7 Å². The molecule has 0 radical (unpaired) electrons. The Morgan fingerprint density at radius 2 is 1.13 bits per heavy atom. The van der Waals surface area contributed by atoms with Crippen molar-refractivity contribution < 1.29 is 3.83 Å². The van der Waals surface area contributed by atoms with Crippen LogP contribution in [0.5, 0.6) is 0 Å². The van der Waals surface area contributed by atoms with Gasteiger partial charge in [-0.2, -0.15) is 0 Å². The molecule has 15 heavy (non-hydrogen) atoms. The van der Waals surface area contributed by atoms with Crippen molar-refractivity contribution in [1.82, 2.24) is 0 Å². The third kappa shape index (κ3) is 2.46. The topological polar surface area (TPSA) is 9.23 Å². The third-order valence-corrected chi connectivity index (χ3v) is 2.67. The lowest BCUT2D eigenvalue weighted by Crippen LogP contribution is -1.99. The summed E-state index contributed by atoms with van der Waals surface area (Å²) in [6.07, 6.45) is -0.0487. The molecule has 0 N–H and O–H groups in total. The van der Waals surface area contributed by atoms with Crippen LogP contribution < -0.4 is 0 Å². The molecule has 2 aromatic carbocycles. The van der Waals surface area contributed by atoms with Gasteiger partial charge in [-0.15, -0.1) is 0 Å². The summed E-state index contributed by atoms with van der Waals surface area (Å²) in [6, 6.07) is 20.3. The number of halogens is 1. The summed E-state index contributed by atoms with van der Waals surface area (Å²) in [5.74, 6) is 0. The zero-order valence-corrected chi connectivity index (χ0v) is 9.72. The molecule has 76 valence electrons. The Morgan fingerprint density at radius 3 is 1.47 bits per heavy atom. The maximum absolute atomic E-state index is 5.33. The molecular weight excluding hydrogens is 252 g/mol. The molecule has 0 saturated heterocycles. The van der Waals surface area contributed by atoms with Crippen LogP contribution in [0.4, 0.5) is 0 Å². The molecule has 0 aliphatic carbocycles. The summed E-state index contributed by atoms with van der Waals surface area (Å²) in [4.78, 5) is 0. The van der Waals surface area contributed by atoms with E-state index in [4.69, 9.17) is 3.83 Å². The minimum atomic E-state index is -0.0487. The van der Waals surface area contributed by atoms with Crippen molar-refractivity contribution in [3.05, 3.63) is 71.8 Å². The Kier molecular flexibility index (Phi) is 3.54. The maximum Gasteiger partial charge on any atom is 0.122 e. The van der Waals surface area contributed by atoms with Crippen LogP contribution in [-0.4, -0.2) is 0 Å². The Balaban J connectivity index is 2.34. The van der Waals surface area contributed by atoms with Crippen LogP contribution in [0.1, 0.15) is 17.2 Å². The lowest BCUT2D eigenvalue weighted by atomic mass is 10.0. The van der Waals surface area contributed by atoms with Gasteiger partial charge in [0.15, 0.2) is 0 Å². The predicted molar refractivity (Wildman–Crippen MR) is 64.7 cm³/mol. The van der Waals surface area contributed by atoms with Gasteiger partial charge in [0, 0.05) is 0 Å². The molecule has 2 heteroatoms. The highest BCUT2D eigenvalue weighted by Gasteiger charge is 2.12. The molecule has 0 heterocycles. The van der Waals surface area contributed by atoms with Gasteiger partial charge in [0.2, 0.25) is 0 Å². The van der Waals surface area contributed by atoms with E-state index in [1.165, 1.54) is 0 Å². The monoisotopic (exact) mass is 262 g/mol. The van der Waals surface area contributed by atoms with Gasteiger partial charge in [-0.25, -0.2) is 0 Å². The second kappa shape index (κ2) is 5.10. The quantitative estimate of drug-likeness (QED) is 0.809. The molecule has 0 aliphatic heterocycles. The van der Waals surface area contributed by atoms with Crippen molar-refractivity contribution in [3.63, 3.8) is 0 Å². The second-order valence-corrected chi connectivity index (χ2v) is 3.66. The molecule has 0 spiro atoms. The van der Waals surface area contributed by atoms with E-state index in [0.717, 1.165) is 11.1 Å². The van der Waals surface area contributed by atoms with E-state index < -0.39 is 0 Å². The fourth-order valence-corrected chi connectivity index (χ4v) is 1.98. The lowest BCUT2D eigenvalue weighted by molar-refractivity contribution is 0.316. The van der Waals surface area contributed by atoms with Crippen molar-refractivity contribution in [3.8, 4) is 0 Å². The van der Waals surface area contributed by atoms with Crippen LogP contribution in [0.25, 0.3) is 0 Å². The van der Waals surface area contributed by atoms with Gasteiger partial charge >= 0.3 is 0 Å². The smallest absolute Gasteiger partial charge is 0.122 e. The fraction of sp³-hybridized carbons (Fsp3) is 0.0769. The standard InChI is InChI=1S/C13H11BrO/c14-15-13(11-7-3-1-4-8-11)12-9-5-2-6-10-12/h1-10,13H. The Labute approximate surface area is 98.2 Å². The van der Waals surface area contributed by atoms with E-state index in [0.29, 0.717) is 0 Å². The van der Waals surface area contributed by atoms with Gasteiger partial charge in [0.25, 0.3) is 0 Å². The van der Waals surface area contributed by atoms with E-state index in [-0.39, 0.29) is 6.10 Å². The van der Waals surface area contributed by atoms with E-state index in [9.17, 15) is 0 Å². The van der Waals surface area contributed by atoms with Crippen molar-refractivity contribution in [2.45, 2.75) is 6.10 Å². The summed E-state index contributed by atoms with van der Waals surface area (Å²) in [5.41, 5.74) is 2.28. The average molecular weight is 263 g/mol. The first-order valence-electron chi connectivity index (χ1n) is 4.79. The van der Waals surface area contributed by atoms with Gasteiger partial charge in [0.05, 0.1) is 16.3 Å². The van der Waals surface area contributed by atoms with Gasteiger partial charge in [0.1, 0.15) is 6.10 Å². The van der Waals surface area contributed by atoms with Crippen molar-refractivity contribution in [2.75, 3.05) is 0 Å². The molecule has 0 aliphatic rings. The number of rotatable bonds is 3. The Morgan fingerprint density at radius 1 is 0.733 bits per heavy atom. The molecular formula is C13H11BrO. The first-order valence-corrected chi connectivity index (χ1v) is 5.44. The second-order valence-electron chi connectivity index (χ2n) is 3.29. The molecule has 0 bridgehead atoms. The minimum Gasteiger partial charge on any atom is -0.295 e. The highest BCUT2D eigenvalue weighted by molar-refractivity contribution is 9.06. The van der Waals surface area contributed by atoms with Crippen LogP contribution >= 0.6 is 16.3 Å². The minimum absolute atomic E-state index is 0.0487. The van der Waals surface area contributed by atoms with Crippen molar-refractivity contribution >= 4 is 16.3 Å². The summed E-state index contributed by atoms with van der Waals surface area (Å²) in [6.45, 7) is 0. The SMILES string of the molecule is BrOC(c1ccccc1)c1ccccc1. The first-order chi connectivity index (χ1) is 7.42. The average Bonchev–Trinajstić information content (AvgIpc) is 2.33. The molecule has 0 atom stereocenters. The number of hydrogen-bond acceptors (Lipinski definition) is 1. The number of hydrogen-bond donors (Lipinski definition) is 0. The van der Waals surface area contributed by atoms with Crippen LogP contribution in [-0.2, 0) is 3.83 Å². The fourth-order valence-electron chi connectivity index (χ4n) is 1.55. The third-order valence-electron chi connectivity index (χ3n) is 2.29. The zero-order chi connectivity index (χ0) is 10.5. The van der Waals surface area contributed by atoms with Gasteiger partial charge in [-0.3, -0.25) is 3.83 Å². The highest BCUT2D eigenvalue weighted by Crippen LogP contribution is 2.27. The Hall–Kier alpha value is -1.12. The molecule has 2 rings (SSSR count). The molecule has 0 aromatic heterocycles.